The van der Waals surface area contributed by atoms with Crippen LogP contribution in [0.3, 0.4) is 0 Å². The summed E-state index contributed by atoms with van der Waals surface area (Å²) in [5.74, 6) is -0.0130. The number of hydrogen-bond acceptors (Lipinski definition) is 11. The Morgan fingerprint density at radius 1 is 0.961 bits per heavy atom. The Balaban J connectivity index is 1.77. The normalized spacial score (nSPS) is 18.9. The van der Waals surface area contributed by atoms with Crippen LogP contribution < -0.4 is 13.8 Å². The van der Waals surface area contributed by atoms with Crippen molar-refractivity contribution in [3.63, 3.8) is 0 Å². The number of fused-ring (bicyclic) bond motifs is 1. The van der Waals surface area contributed by atoms with Gasteiger partial charge in [0.25, 0.3) is 15.9 Å². The number of carbonyl (C=O) groups is 2. The molecule has 0 spiro atoms. The number of hydrogen-bond donors (Lipinski definition) is 0. The Labute approximate surface area is 300 Å². The number of amides is 2. The Bertz CT molecular complexity index is 1910. The van der Waals surface area contributed by atoms with Crippen molar-refractivity contribution < 1.29 is 32.2 Å². The van der Waals surface area contributed by atoms with E-state index in [9.17, 15) is 18.5 Å². The van der Waals surface area contributed by atoms with Crippen LogP contribution in [0.5, 0.6) is 11.5 Å². The summed E-state index contributed by atoms with van der Waals surface area (Å²) in [6.07, 6.45) is 0.373. The minimum absolute atomic E-state index is 0.0904. The van der Waals surface area contributed by atoms with E-state index in [0.29, 0.717) is 36.4 Å². The average Bonchev–Trinajstić information content (AvgIpc) is 3.67. The van der Waals surface area contributed by atoms with Gasteiger partial charge in [0.1, 0.15) is 11.5 Å². The SMILES string of the molecule is COc1ccc(S(=O)(=O)N2C(=O)C(c3cc(CN(C)CCCN(C)C)ccc3OC)(N3CCC[C@@H]3OC(=O)N(C)C)c3cc(C#N)ccc32)cc1. The van der Waals surface area contributed by atoms with Gasteiger partial charge in [-0.15, -0.1) is 0 Å². The molecule has 51 heavy (non-hydrogen) atoms. The zero-order valence-corrected chi connectivity index (χ0v) is 31.1. The number of nitriles is 1. The van der Waals surface area contributed by atoms with Crippen molar-refractivity contribution >= 4 is 27.7 Å². The van der Waals surface area contributed by atoms with Crippen LogP contribution in [-0.4, -0.2) is 115 Å². The van der Waals surface area contributed by atoms with E-state index in [2.05, 4.69) is 15.9 Å². The maximum Gasteiger partial charge on any atom is 0.410 e. The van der Waals surface area contributed by atoms with Gasteiger partial charge >= 0.3 is 6.09 Å². The van der Waals surface area contributed by atoms with Gasteiger partial charge in [0.05, 0.1) is 36.4 Å². The van der Waals surface area contributed by atoms with Crippen molar-refractivity contribution in [2.75, 3.05) is 73.4 Å². The van der Waals surface area contributed by atoms with E-state index in [0.717, 1.165) is 29.4 Å². The summed E-state index contributed by atoms with van der Waals surface area (Å²) in [5.41, 5.74) is -0.0442. The largest absolute Gasteiger partial charge is 0.497 e. The van der Waals surface area contributed by atoms with Crippen LogP contribution in [0.1, 0.15) is 41.5 Å². The molecule has 2 amide bonds. The van der Waals surface area contributed by atoms with Crippen molar-refractivity contribution in [2.24, 2.45) is 0 Å². The topological polar surface area (TPSA) is 136 Å². The first-order chi connectivity index (χ1) is 24.3. The van der Waals surface area contributed by atoms with Gasteiger partial charge in [-0.05, 0) is 114 Å². The third kappa shape index (κ3) is 7.12. The molecule has 3 aromatic carbocycles. The molecule has 0 radical (unpaired) electrons. The first-order valence-corrected chi connectivity index (χ1v) is 18.2. The molecule has 2 atom stereocenters. The molecule has 1 unspecified atom stereocenters. The lowest BCUT2D eigenvalue weighted by Gasteiger charge is -2.41. The van der Waals surface area contributed by atoms with Gasteiger partial charge in [-0.2, -0.15) is 5.26 Å². The van der Waals surface area contributed by atoms with Gasteiger partial charge in [0.2, 0.25) is 0 Å². The quantitative estimate of drug-likeness (QED) is 0.253. The van der Waals surface area contributed by atoms with Crippen LogP contribution in [0.25, 0.3) is 0 Å². The molecule has 0 saturated carbocycles. The highest BCUT2D eigenvalue weighted by Crippen LogP contribution is 2.55. The number of anilines is 1. The number of ether oxygens (including phenoxy) is 3. The smallest absolute Gasteiger partial charge is 0.410 e. The molecule has 14 heteroatoms. The van der Waals surface area contributed by atoms with Crippen molar-refractivity contribution in [3.05, 3.63) is 82.9 Å². The van der Waals surface area contributed by atoms with Crippen LogP contribution in [0.4, 0.5) is 10.5 Å². The first kappa shape index (κ1) is 37.6. The number of methoxy groups -OCH3 is 2. The maximum absolute atomic E-state index is 15.6. The number of benzene rings is 3. The third-order valence-electron chi connectivity index (χ3n) is 9.31. The summed E-state index contributed by atoms with van der Waals surface area (Å²) in [4.78, 5) is 35.8. The highest BCUT2D eigenvalue weighted by Gasteiger charge is 2.63. The van der Waals surface area contributed by atoms with Gasteiger partial charge in [-0.1, -0.05) is 6.07 Å². The fourth-order valence-electron chi connectivity index (χ4n) is 6.88. The zero-order chi connectivity index (χ0) is 37.1. The van der Waals surface area contributed by atoms with Crippen LogP contribution in [0.2, 0.25) is 0 Å². The van der Waals surface area contributed by atoms with Gasteiger partial charge in [0, 0.05) is 38.3 Å². The second kappa shape index (κ2) is 15.3. The maximum atomic E-state index is 15.6. The second-order valence-electron chi connectivity index (χ2n) is 13.3. The molecule has 1 saturated heterocycles. The van der Waals surface area contributed by atoms with Gasteiger partial charge in [-0.3, -0.25) is 4.79 Å². The van der Waals surface area contributed by atoms with Crippen LogP contribution in [0.15, 0.2) is 65.6 Å². The fraction of sp³-hybridized carbons (Fsp3) is 0.432. The van der Waals surface area contributed by atoms with E-state index < -0.39 is 33.8 Å². The first-order valence-electron chi connectivity index (χ1n) is 16.7. The van der Waals surface area contributed by atoms with Crippen molar-refractivity contribution in [1.29, 1.82) is 5.26 Å². The lowest BCUT2D eigenvalue weighted by atomic mass is 9.80. The Morgan fingerprint density at radius 2 is 1.69 bits per heavy atom. The van der Waals surface area contributed by atoms with Gasteiger partial charge in [0.15, 0.2) is 11.8 Å². The molecule has 0 aliphatic carbocycles. The minimum atomic E-state index is -4.52. The molecule has 272 valence electrons. The molecular weight excluding hydrogens is 673 g/mol. The van der Waals surface area contributed by atoms with E-state index in [1.54, 1.807) is 31.1 Å². The molecular formula is C37H46N6O7S. The molecule has 0 N–H and O–H groups in total. The third-order valence-corrected chi connectivity index (χ3v) is 11.0. The van der Waals surface area contributed by atoms with Crippen LogP contribution in [0, 0.1) is 11.3 Å². The monoisotopic (exact) mass is 718 g/mol. The van der Waals surface area contributed by atoms with E-state index in [4.69, 9.17) is 14.2 Å². The van der Waals surface area contributed by atoms with Crippen LogP contribution in [-0.2, 0) is 31.6 Å². The molecule has 3 aromatic rings. The fourth-order valence-corrected chi connectivity index (χ4v) is 8.34. The van der Waals surface area contributed by atoms with E-state index in [1.165, 1.54) is 55.5 Å². The molecule has 0 aromatic heterocycles. The van der Waals surface area contributed by atoms with E-state index in [1.807, 2.05) is 33.3 Å². The number of carbonyl (C=O) groups excluding carboxylic acids is 2. The molecule has 5 rings (SSSR count). The molecule has 0 bridgehead atoms. The number of nitrogens with zero attached hydrogens (tertiary/aromatic N) is 6. The summed E-state index contributed by atoms with van der Waals surface area (Å²) in [7, 11) is 7.66. The molecule has 2 heterocycles. The number of sulfonamides is 1. The Hall–Kier alpha value is -4.68. The number of rotatable bonds is 13. The average molecular weight is 719 g/mol. The van der Waals surface area contributed by atoms with Crippen molar-refractivity contribution in [3.8, 4) is 17.6 Å². The zero-order valence-electron chi connectivity index (χ0n) is 30.2. The Kier molecular flexibility index (Phi) is 11.3. The predicted octanol–water partition coefficient (Wildman–Crippen LogP) is 4.06. The summed E-state index contributed by atoms with van der Waals surface area (Å²) in [5, 5.41) is 10.1. The van der Waals surface area contributed by atoms with E-state index in [-0.39, 0.29) is 28.3 Å². The molecule has 2 aliphatic heterocycles. The second-order valence-corrected chi connectivity index (χ2v) is 15.1. The standard InChI is InChI=1S/C37H46N6O7S/c1-39(2)19-9-20-41(5)25-27-12-18-33(49-7)31(23-27)37(42-21-8-10-34(42)50-36(45)40(3)4)30-22-26(24-38)11-17-32(30)43(35(37)44)51(46,47)29-15-13-28(48-6)14-16-29/h11-18,22-23,34H,8-10,19-21,25H2,1-7H3/t34-,37?/m0/s1. The van der Waals surface area contributed by atoms with Crippen LogP contribution >= 0.6 is 0 Å². The molecule has 1 fully saturated rings. The highest BCUT2D eigenvalue weighted by molar-refractivity contribution is 7.93. The Morgan fingerprint density at radius 3 is 2.31 bits per heavy atom. The van der Waals surface area contributed by atoms with Crippen molar-refractivity contribution in [1.82, 2.24) is 19.6 Å². The highest BCUT2D eigenvalue weighted by atomic mass is 32.2. The summed E-state index contributed by atoms with van der Waals surface area (Å²) in [6, 6.07) is 18.0. The minimum Gasteiger partial charge on any atom is -0.497 e. The number of likely N-dealkylation sites (tertiary alicyclic amines) is 1. The van der Waals surface area contributed by atoms with Gasteiger partial charge in [-0.25, -0.2) is 22.4 Å². The lowest BCUT2D eigenvalue weighted by Crippen LogP contribution is -2.57. The predicted molar refractivity (Wildman–Crippen MR) is 192 cm³/mol. The summed E-state index contributed by atoms with van der Waals surface area (Å²) >= 11 is 0. The summed E-state index contributed by atoms with van der Waals surface area (Å²) < 4.78 is 47.2. The molecule has 13 nitrogen and oxygen atoms in total. The summed E-state index contributed by atoms with van der Waals surface area (Å²) in [6.45, 7) is 2.56. The van der Waals surface area contributed by atoms with E-state index >= 15 is 4.79 Å². The van der Waals surface area contributed by atoms with Crippen molar-refractivity contribution in [2.45, 2.75) is 42.5 Å². The van der Waals surface area contributed by atoms with Gasteiger partial charge < -0.3 is 28.9 Å². The lowest BCUT2D eigenvalue weighted by molar-refractivity contribution is -0.132. The molecule has 2 aliphatic rings.